The second-order valence-electron chi connectivity index (χ2n) is 9.65. The minimum atomic E-state index is -3.50. The van der Waals surface area contributed by atoms with Gasteiger partial charge in [0.2, 0.25) is 10.0 Å². The number of carbonyl (C=O) groups excluding carboxylic acids is 1. The highest BCUT2D eigenvalue weighted by atomic mass is 35.5. The van der Waals surface area contributed by atoms with Gasteiger partial charge in [0, 0.05) is 40.3 Å². The summed E-state index contributed by atoms with van der Waals surface area (Å²) >= 11 is 7.43. The predicted octanol–water partition coefficient (Wildman–Crippen LogP) is 5.92. The van der Waals surface area contributed by atoms with E-state index >= 15 is 0 Å². The standard InChI is InChI=1S/C25H26ClFN4O3S2/c1-15-20(23-21(11-17(27)14-28-23)31-7-5-25(3-4-25)6-8-31)13-22(35-15)24(32)29-18-9-16(26)10-19(12-18)30-36(2,33)34/h9-14,30H,3-8H2,1-2H3,(H,29,32). The Kier molecular flexibility index (Phi) is 6.46. The van der Waals surface area contributed by atoms with Crippen LogP contribution in [0.2, 0.25) is 5.02 Å². The van der Waals surface area contributed by atoms with Crippen molar-refractivity contribution in [3.8, 4) is 11.3 Å². The van der Waals surface area contributed by atoms with E-state index < -0.39 is 10.0 Å². The number of carbonyl (C=O) groups is 1. The highest BCUT2D eigenvalue weighted by Gasteiger charge is 2.44. The number of hydrogen-bond donors (Lipinski definition) is 2. The molecule has 3 heterocycles. The number of benzene rings is 1. The molecule has 5 rings (SSSR count). The van der Waals surface area contributed by atoms with E-state index in [-0.39, 0.29) is 22.4 Å². The number of rotatable bonds is 6. The number of sulfonamides is 1. The van der Waals surface area contributed by atoms with E-state index in [1.165, 1.54) is 54.6 Å². The summed E-state index contributed by atoms with van der Waals surface area (Å²) < 4.78 is 39.7. The lowest BCUT2D eigenvalue weighted by Crippen LogP contribution is -2.34. The van der Waals surface area contributed by atoms with Crippen molar-refractivity contribution in [1.82, 2.24) is 4.98 Å². The van der Waals surface area contributed by atoms with Gasteiger partial charge in [0.25, 0.3) is 5.91 Å². The fourth-order valence-electron chi connectivity index (χ4n) is 4.73. The monoisotopic (exact) mass is 548 g/mol. The summed E-state index contributed by atoms with van der Waals surface area (Å²) in [5.74, 6) is -0.745. The summed E-state index contributed by atoms with van der Waals surface area (Å²) in [6, 6.07) is 7.79. The van der Waals surface area contributed by atoms with Crippen LogP contribution in [0.5, 0.6) is 0 Å². The van der Waals surface area contributed by atoms with Crippen LogP contribution in [0.3, 0.4) is 0 Å². The third kappa shape index (κ3) is 5.50. The Morgan fingerprint density at radius 2 is 1.81 bits per heavy atom. The first-order valence-corrected chi connectivity index (χ1v) is 14.7. The molecule has 0 bridgehead atoms. The Labute approximate surface area is 218 Å². The molecule has 0 atom stereocenters. The fraction of sp³-hybridized carbons (Fsp3) is 0.360. The minimum Gasteiger partial charge on any atom is -0.370 e. The molecule has 1 aliphatic carbocycles. The number of aromatic nitrogens is 1. The number of nitrogens with one attached hydrogen (secondary N) is 2. The first-order valence-electron chi connectivity index (χ1n) is 11.6. The smallest absolute Gasteiger partial charge is 0.265 e. The molecule has 1 aliphatic heterocycles. The van der Waals surface area contributed by atoms with Gasteiger partial charge in [0.15, 0.2) is 0 Å². The average molecular weight is 549 g/mol. The number of hydrogen-bond acceptors (Lipinski definition) is 6. The summed E-state index contributed by atoms with van der Waals surface area (Å²) in [4.78, 5) is 21.0. The molecule has 2 aromatic heterocycles. The van der Waals surface area contributed by atoms with E-state index in [0.717, 1.165) is 48.3 Å². The fourth-order valence-corrected chi connectivity index (χ4v) is 6.43. The lowest BCUT2D eigenvalue weighted by Gasteiger charge is -2.34. The van der Waals surface area contributed by atoms with E-state index in [2.05, 4.69) is 19.9 Å². The van der Waals surface area contributed by atoms with E-state index in [9.17, 15) is 17.6 Å². The van der Waals surface area contributed by atoms with Crippen LogP contribution in [0, 0.1) is 18.2 Å². The van der Waals surface area contributed by atoms with Crippen LogP contribution in [-0.4, -0.2) is 38.7 Å². The molecule has 1 amide bonds. The minimum absolute atomic E-state index is 0.248. The SMILES string of the molecule is Cc1sc(C(=O)Nc2cc(Cl)cc(NS(C)(=O)=O)c2)cc1-c1ncc(F)cc1N1CCC2(CC1)CC2. The molecule has 3 aromatic rings. The molecule has 1 aromatic carbocycles. The van der Waals surface area contributed by atoms with Crippen LogP contribution in [0.4, 0.5) is 21.5 Å². The number of halogens is 2. The summed E-state index contributed by atoms with van der Waals surface area (Å²) in [6.07, 6.45) is 7.04. The highest BCUT2D eigenvalue weighted by molar-refractivity contribution is 7.92. The first-order chi connectivity index (χ1) is 17.0. The van der Waals surface area contributed by atoms with Crippen molar-refractivity contribution in [3.63, 3.8) is 0 Å². The van der Waals surface area contributed by atoms with E-state index in [0.29, 0.717) is 21.7 Å². The molecule has 36 heavy (non-hydrogen) atoms. The molecule has 11 heteroatoms. The Balaban J connectivity index is 1.40. The van der Waals surface area contributed by atoms with Gasteiger partial charge >= 0.3 is 0 Å². The number of thiophene rings is 1. The zero-order valence-electron chi connectivity index (χ0n) is 19.9. The lowest BCUT2D eigenvalue weighted by atomic mass is 9.93. The average Bonchev–Trinajstić information content (AvgIpc) is 3.42. The van der Waals surface area contributed by atoms with Crippen LogP contribution < -0.4 is 14.9 Å². The van der Waals surface area contributed by atoms with Crippen LogP contribution >= 0.6 is 22.9 Å². The molecule has 1 saturated heterocycles. The van der Waals surface area contributed by atoms with E-state index in [1.54, 1.807) is 6.07 Å². The number of aryl methyl sites for hydroxylation is 1. The summed E-state index contributed by atoms with van der Waals surface area (Å²) in [5, 5.41) is 3.06. The third-order valence-electron chi connectivity index (χ3n) is 6.81. The zero-order chi connectivity index (χ0) is 25.7. The van der Waals surface area contributed by atoms with Gasteiger partial charge < -0.3 is 10.2 Å². The van der Waals surface area contributed by atoms with Crippen molar-refractivity contribution in [2.45, 2.75) is 32.6 Å². The molecule has 0 unspecified atom stereocenters. The number of amides is 1. The van der Waals surface area contributed by atoms with E-state index in [4.69, 9.17) is 11.6 Å². The zero-order valence-corrected chi connectivity index (χ0v) is 22.3. The molecule has 7 nitrogen and oxygen atoms in total. The molecule has 1 saturated carbocycles. The van der Waals surface area contributed by atoms with Crippen LogP contribution in [0.1, 0.15) is 40.2 Å². The first kappa shape index (κ1) is 25.0. The Bertz CT molecular complexity index is 1440. The number of pyridine rings is 1. The van der Waals surface area contributed by atoms with Gasteiger partial charge in [-0.3, -0.25) is 14.5 Å². The summed E-state index contributed by atoms with van der Waals surface area (Å²) in [7, 11) is -3.50. The van der Waals surface area contributed by atoms with Crippen LogP contribution in [0.15, 0.2) is 36.5 Å². The molecule has 2 N–H and O–H groups in total. The van der Waals surface area contributed by atoms with Gasteiger partial charge in [-0.05, 0) is 62.3 Å². The van der Waals surface area contributed by atoms with Crippen molar-refractivity contribution in [1.29, 1.82) is 0 Å². The largest absolute Gasteiger partial charge is 0.370 e. The molecule has 1 spiro atoms. The topological polar surface area (TPSA) is 91.4 Å². The molecule has 0 radical (unpaired) electrons. The van der Waals surface area contributed by atoms with Gasteiger partial charge in [-0.1, -0.05) is 11.6 Å². The summed E-state index contributed by atoms with van der Waals surface area (Å²) in [6.45, 7) is 3.65. The van der Waals surface area contributed by atoms with Gasteiger partial charge in [0.1, 0.15) is 5.82 Å². The normalized spacial score (nSPS) is 16.7. The van der Waals surface area contributed by atoms with Crippen LogP contribution in [-0.2, 0) is 10.0 Å². The van der Waals surface area contributed by atoms with Crippen molar-refractivity contribution in [2.24, 2.45) is 5.41 Å². The molecule has 190 valence electrons. The Hall–Kier alpha value is -2.69. The quantitative estimate of drug-likeness (QED) is 0.399. The molecular weight excluding hydrogens is 523 g/mol. The van der Waals surface area contributed by atoms with Gasteiger partial charge in [-0.2, -0.15) is 0 Å². The Morgan fingerprint density at radius 3 is 2.47 bits per heavy atom. The van der Waals surface area contributed by atoms with Crippen molar-refractivity contribution < 1.29 is 17.6 Å². The van der Waals surface area contributed by atoms with Crippen molar-refractivity contribution in [3.05, 3.63) is 57.1 Å². The maximum Gasteiger partial charge on any atom is 0.265 e. The van der Waals surface area contributed by atoms with Gasteiger partial charge in [0.05, 0.1) is 34.4 Å². The van der Waals surface area contributed by atoms with Gasteiger partial charge in [-0.25, -0.2) is 12.8 Å². The van der Waals surface area contributed by atoms with Gasteiger partial charge in [-0.15, -0.1) is 11.3 Å². The number of nitrogens with zero attached hydrogens (tertiary/aromatic N) is 2. The third-order valence-corrected chi connectivity index (χ3v) is 8.69. The molecular formula is C25H26ClFN4O3S2. The predicted molar refractivity (Wildman–Crippen MR) is 143 cm³/mol. The Morgan fingerprint density at radius 1 is 1.11 bits per heavy atom. The highest BCUT2D eigenvalue weighted by Crippen LogP contribution is 2.54. The molecule has 2 aliphatic rings. The maximum absolute atomic E-state index is 14.2. The van der Waals surface area contributed by atoms with Crippen molar-refractivity contribution in [2.75, 3.05) is 34.3 Å². The van der Waals surface area contributed by atoms with E-state index in [1.807, 2.05) is 6.92 Å². The summed E-state index contributed by atoms with van der Waals surface area (Å²) in [5.41, 5.74) is 3.31. The number of anilines is 3. The molecule has 2 fully saturated rings. The second-order valence-corrected chi connectivity index (χ2v) is 13.1. The number of piperidine rings is 1. The van der Waals surface area contributed by atoms with Crippen molar-refractivity contribution >= 4 is 55.9 Å². The van der Waals surface area contributed by atoms with Crippen LogP contribution in [0.25, 0.3) is 11.3 Å². The second kappa shape index (κ2) is 9.32. The lowest BCUT2D eigenvalue weighted by molar-refractivity contribution is 0.103. The maximum atomic E-state index is 14.2.